The lowest BCUT2D eigenvalue weighted by Gasteiger charge is -2.24. The molecule has 0 aromatic heterocycles. The second-order valence-electron chi connectivity index (χ2n) is 24.8. The Hall–Kier alpha value is -1.74. The lowest BCUT2D eigenvalue weighted by Crippen LogP contribution is -2.32. The molecule has 3 atom stereocenters. The summed E-state index contributed by atoms with van der Waals surface area (Å²) in [6, 6.07) is 0. The average Bonchev–Trinajstić information content (AvgIpc) is 3.48. The predicted molar refractivity (Wildman–Crippen MR) is 357 cm³/mol. The first-order valence-corrected chi connectivity index (χ1v) is 39.6. The topological polar surface area (TPSA) is 163 Å². The molecule has 3 rings (SSSR count). The zero-order valence-corrected chi connectivity index (χ0v) is 58.9. The van der Waals surface area contributed by atoms with Gasteiger partial charge in [-0.2, -0.15) is 0 Å². The Morgan fingerprint density at radius 3 is 0.812 bits per heavy atom. The molecule has 3 fully saturated rings. The minimum atomic E-state index is -4.15. The maximum atomic E-state index is 14.9. The molecular weight excluding hydrogens is 1130 g/mol. The zero-order valence-electron chi connectivity index (χ0n) is 56.2. The van der Waals surface area contributed by atoms with Crippen molar-refractivity contribution in [2.24, 2.45) is 14.3 Å². The van der Waals surface area contributed by atoms with Crippen LogP contribution < -0.4 is 0 Å². The lowest BCUT2D eigenvalue weighted by molar-refractivity contribution is 0.151. The van der Waals surface area contributed by atoms with E-state index in [1.807, 2.05) is 49.7 Å². The third-order valence-corrected chi connectivity index (χ3v) is 20.9. The highest BCUT2D eigenvalue weighted by Gasteiger charge is 2.35. The highest BCUT2D eigenvalue weighted by molar-refractivity contribution is 7.53. The van der Waals surface area contributed by atoms with Crippen LogP contribution in [-0.4, -0.2) is 166 Å². The molecule has 0 aliphatic carbocycles. The van der Waals surface area contributed by atoms with Gasteiger partial charge in [0.05, 0.1) is 39.1 Å². The van der Waals surface area contributed by atoms with Crippen molar-refractivity contribution in [1.29, 1.82) is 0 Å². The van der Waals surface area contributed by atoms with Gasteiger partial charge in [0.1, 0.15) is 0 Å². The summed E-state index contributed by atoms with van der Waals surface area (Å²) in [5.74, 6) is 1.85. The maximum absolute atomic E-state index is 14.9. The van der Waals surface area contributed by atoms with Gasteiger partial charge in [-0.1, -0.05) is 227 Å². The SMILES string of the molecule is CCCCCCCCCCCCN1CCN(C)C1=NP(=O)(OCCCCCCC)OCCCOP(=O)(N=C1N(C)CCN1CCCCCCCCCCCC)OCCCOP(=O)(N=C1N(C)CCN1CCCCCCCCCCCC)OC(C)C. The van der Waals surface area contributed by atoms with Gasteiger partial charge in [-0.3, -0.25) is 27.1 Å². The van der Waals surface area contributed by atoms with Crippen LogP contribution in [0.1, 0.15) is 279 Å². The number of likely N-dealkylation sites (N-methyl/N-ethyl adjacent to an activating group) is 3. The van der Waals surface area contributed by atoms with Crippen molar-refractivity contribution in [3.63, 3.8) is 0 Å². The number of unbranched alkanes of at least 4 members (excludes halogenated alkanes) is 31. The van der Waals surface area contributed by atoms with Gasteiger partial charge in [0.15, 0.2) is 0 Å². The predicted octanol–water partition coefficient (Wildman–Crippen LogP) is 18.1. The van der Waals surface area contributed by atoms with Gasteiger partial charge in [-0.25, -0.2) is 13.7 Å². The summed E-state index contributed by atoms with van der Waals surface area (Å²) in [4.78, 5) is 12.7. The fraction of sp³-hybridized carbons (Fsp3) is 0.953. The molecule has 0 N–H and O–H groups in total. The van der Waals surface area contributed by atoms with Crippen LogP contribution in [0, 0.1) is 0 Å². The summed E-state index contributed by atoms with van der Waals surface area (Å²) in [5, 5.41) is 0. The summed E-state index contributed by atoms with van der Waals surface area (Å²) >= 11 is 0. The molecule has 0 amide bonds. The van der Waals surface area contributed by atoms with E-state index in [2.05, 4.69) is 42.4 Å². The summed E-state index contributed by atoms with van der Waals surface area (Å²) in [6.07, 6.45) is 43.0. The van der Waals surface area contributed by atoms with Gasteiger partial charge in [0, 0.05) is 80.0 Å². The third-order valence-electron chi connectivity index (χ3n) is 16.4. The molecule has 0 bridgehead atoms. The Morgan fingerprint density at radius 2 is 0.541 bits per heavy atom. The van der Waals surface area contributed by atoms with Crippen LogP contribution in [0.2, 0.25) is 0 Å². The van der Waals surface area contributed by atoms with Crippen LogP contribution in [0.5, 0.6) is 0 Å². The number of rotatable bonds is 57. The molecular formula is C64H130N9O9P3. The van der Waals surface area contributed by atoms with Gasteiger partial charge in [0.25, 0.3) is 0 Å². The van der Waals surface area contributed by atoms with Crippen molar-refractivity contribution in [3.05, 3.63) is 0 Å². The fourth-order valence-electron chi connectivity index (χ4n) is 11.2. The molecule has 0 aromatic carbocycles. The third kappa shape index (κ3) is 35.5. The highest BCUT2D eigenvalue weighted by Crippen LogP contribution is 2.54. The zero-order chi connectivity index (χ0) is 61.7. The van der Waals surface area contributed by atoms with Crippen LogP contribution in [0.4, 0.5) is 0 Å². The second kappa shape index (κ2) is 48.1. The normalized spacial score (nSPS) is 18.6. The molecule has 0 radical (unpaired) electrons. The molecule has 21 heteroatoms. The first-order valence-electron chi connectivity index (χ1n) is 35.1. The van der Waals surface area contributed by atoms with E-state index in [1.54, 1.807) is 0 Å². The first kappa shape index (κ1) is 77.5. The van der Waals surface area contributed by atoms with Crippen LogP contribution in [0.3, 0.4) is 0 Å². The van der Waals surface area contributed by atoms with Crippen LogP contribution in [0.25, 0.3) is 0 Å². The number of hydrogen-bond acceptors (Lipinski definition) is 9. The molecule has 0 aromatic rings. The molecule has 3 aliphatic rings. The van der Waals surface area contributed by atoms with Gasteiger partial charge in [0.2, 0.25) is 17.9 Å². The van der Waals surface area contributed by atoms with E-state index in [0.717, 1.165) is 130 Å². The van der Waals surface area contributed by atoms with E-state index >= 15 is 0 Å². The van der Waals surface area contributed by atoms with E-state index in [9.17, 15) is 13.7 Å². The number of guanidine groups is 3. The van der Waals surface area contributed by atoms with E-state index in [-0.39, 0.29) is 45.9 Å². The van der Waals surface area contributed by atoms with Crippen molar-refractivity contribution in [3.8, 4) is 0 Å². The molecule has 3 aliphatic heterocycles. The Balaban J connectivity index is 1.70. The summed E-state index contributed by atoms with van der Waals surface area (Å²) < 4.78 is 94.9. The van der Waals surface area contributed by atoms with Crippen LogP contribution in [-0.2, 0) is 40.8 Å². The molecule has 3 heterocycles. The summed E-state index contributed by atoms with van der Waals surface area (Å²) in [7, 11) is -6.13. The van der Waals surface area contributed by atoms with Crippen molar-refractivity contribution >= 4 is 41.1 Å². The Morgan fingerprint density at radius 1 is 0.318 bits per heavy atom. The van der Waals surface area contributed by atoms with Crippen LogP contribution >= 0.6 is 23.2 Å². The first-order chi connectivity index (χ1) is 41.2. The Labute approximate surface area is 521 Å². The Kier molecular flexibility index (Phi) is 43.9. The molecule has 3 saturated heterocycles. The number of nitrogens with zero attached hydrogens (tertiary/aromatic N) is 9. The summed E-state index contributed by atoms with van der Waals surface area (Å²) in [6.45, 7) is 20.0. The summed E-state index contributed by atoms with van der Waals surface area (Å²) in [5.41, 5.74) is 0. The standard InChI is InChI=1S/C64H130N9O9P3/c1-10-14-18-22-25-28-31-34-37-41-47-71-53-50-68(7)62(71)65-83(74,77-56-44-40-21-17-13-4)78-57-45-58-79-84(75,66-63-69(8)51-54-72(63)48-42-38-35-32-29-26-23-19-15-11-2)80-59-46-60-81-85(76,82-61(5)6)67-64-70(9)52-55-73(64)49-43-39-36-33-30-27-24-20-16-12-3/h61H,10-60H2,1-9H3. The van der Waals surface area contributed by atoms with Gasteiger partial charge >= 0.3 is 23.2 Å². The molecule has 0 saturated carbocycles. The second-order valence-corrected chi connectivity index (χ2v) is 29.7. The molecule has 18 nitrogen and oxygen atoms in total. The maximum Gasteiger partial charge on any atom is 0.457 e. The van der Waals surface area contributed by atoms with Gasteiger partial charge in [-0.15, -0.1) is 14.3 Å². The molecule has 3 unspecified atom stereocenters. The van der Waals surface area contributed by atoms with Gasteiger partial charge < -0.3 is 29.4 Å². The van der Waals surface area contributed by atoms with Crippen molar-refractivity contribution in [2.75, 3.05) is 113 Å². The molecule has 0 spiro atoms. The Bertz CT molecular complexity index is 1920. The minimum absolute atomic E-state index is 0.000738. The van der Waals surface area contributed by atoms with E-state index in [4.69, 9.17) is 41.4 Å². The fourth-order valence-corrected chi connectivity index (χ4v) is 15.5. The highest BCUT2D eigenvalue weighted by atomic mass is 31.2. The largest absolute Gasteiger partial charge is 0.457 e. The smallest absolute Gasteiger partial charge is 0.344 e. The average molecular weight is 1260 g/mol. The van der Waals surface area contributed by atoms with Crippen molar-refractivity contribution < 1.29 is 40.8 Å². The molecule has 85 heavy (non-hydrogen) atoms. The van der Waals surface area contributed by atoms with E-state index in [0.29, 0.717) is 17.9 Å². The van der Waals surface area contributed by atoms with Gasteiger partial charge in [-0.05, 0) is 52.4 Å². The monoisotopic (exact) mass is 1260 g/mol. The van der Waals surface area contributed by atoms with E-state index in [1.165, 1.54) is 154 Å². The molecule has 500 valence electrons. The van der Waals surface area contributed by atoms with Crippen molar-refractivity contribution in [1.82, 2.24) is 29.4 Å². The lowest BCUT2D eigenvalue weighted by atomic mass is 10.1. The van der Waals surface area contributed by atoms with E-state index < -0.39 is 29.3 Å². The van der Waals surface area contributed by atoms with Crippen LogP contribution in [0.15, 0.2) is 14.3 Å². The van der Waals surface area contributed by atoms with Crippen molar-refractivity contribution in [2.45, 2.75) is 285 Å². The minimum Gasteiger partial charge on any atom is -0.344 e. The quantitative estimate of drug-likeness (QED) is 0.0417. The number of hydrogen-bond donors (Lipinski definition) is 0.